The van der Waals surface area contributed by atoms with Crippen molar-refractivity contribution in [3.05, 3.63) is 107 Å². The van der Waals surface area contributed by atoms with Crippen LogP contribution < -0.4 is 4.74 Å². The Bertz CT molecular complexity index is 1350. The molecule has 5 rings (SSSR count). The Morgan fingerprint density at radius 3 is 2.43 bits per heavy atom. The quantitative estimate of drug-likeness (QED) is 0.272. The normalized spacial score (nSPS) is 13.0. The van der Waals surface area contributed by atoms with Gasteiger partial charge in [-0.2, -0.15) is 5.10 Å². The summed E-state index contributed by atoms with van der Waals surface area (Å²) in [5.74, 6) is -0.104. The second kappa shape index (κ2) is 9.92. The van der Waals surface area contributed by atoms with Crippen molar-refractivity contribution in [1.29, 1.82) is 0 Å². The number of hydrogen-bond acceptors (Lipinski definition) is 3. The van der Waals surface area contributed by atoms with Gasteiger partial charge in [0.1, 0.15) is 0 Å². The first-order chi connectivity index (χ1) is 17.1. The zero-order chi connectivity index (χ0) is 24.4. The fraction of sp³-hybridized carbons (Fsp3) is 0.214. The molecule has 1 aromatic heterocycles. The van der Waals surface area contributed by atoms with Crippen molar-refractivity contribution in [1.82, 2.24) is 14.7 Å². The third-order valence-electron chi connectivity index (χ3n) is 6.08. The predicted molar refractivity (Wildman–Crippen MR) is 134 cm³/mol. The summed E-state index contributed by atoms with van der Waals surface area (Å²) in [6.45, 7) is 2.29. The molecule has 7 heteroatoms. The Hall–Kier alpha value is -3.64. The molecule has 1 fully saturated rings. The van der Waals surface area contributed by atoms with E-state index < -0.39 is 5.82 Å². The second-order valence-electron chi connectivity index (χ2n) is 8.51. The van der Waals surface area contributed by atoms with E-state index in [2.05, 4.69) is 0 Å². The van der Waals surface area contributed by atoms with Crippen LogP contribution in [0.15, 0.2) is 78.9 Å². The monoisotopic (exact) mass is 489 g/mol. The number of halogens is 2. The smallest absolute Gasteiger partial charge is 0.255 e. The number of nitrogens with zero attached hydrogens (tertiary/aromatic N) is 3. The van der Waals surface area contributed by atoms with Crippen molar-refractivity contribution in [2.45, 2.75) is 38.8 Å². The number of benzene rings is 3. The third-order valence-corrected chi connectivity index (χ3v) is 6.41. The first kappa shape index (κ1) is 23.1. The average Bonchev–Trinajstić information content (AvgIpc) is 3.66. The maximum Gasteiger partial charge on any atom is 0.255 e. The number of rotatable bonds is 8. The minimum Gasteiger partial charge on any atom is -0.435 e. The van der Waals surface area contributed by atoms with Gasteiger partial charge in [-0.1, -0.05) is 61.0 Å². The first-order valence-corrected chi connectivity index (χ1v) is 12.1. The van der Waals surface area contributed by atoms with Crippen LogP contribution in [0.2, 0.25) is 5.02 Å². The molecule has 35 heavy (non-hydrogen) atoms. The Morgan fingerprint density at radius 2 is 1.74 bits per heavy atom. The molecule has 5 nitrogen and oxygen atoms in total. The molecule has 1 heterocycles. The van der Waals surface area contributed by atoms with E-state index in [-0.39, 0.29) is 24.2 Å². The van der Waals surface area contributed by atoms with Crippen molar-refractivity contribution in [3.8, 4) is 17.3 Å². The Labute approximate surface area is 208 Å². The summed E-state index contributed by atoms with van der Waals surface area (Å²) in [6, 6.07) is 23.0. The van der Waals surface area contributed by atoms with Gasteiger partial charge in [0.15, 0.2) is 11.6 Å². The fourth-order valence-corrected chi connectivity index (χ4v) is 4.33. The van der Waals surface area contributed by atoms with E-state index in [0.29, 0.717) is 22.9 Å². The lowest BCUT2D eigenvalue weighted by Crippen LogP contribution is -2.33. The van der Waals surface area contributed by atoms with Gasteiger partial charge >= 0.3 is 0 Å². The van der Waals surface area contributed by atoms with Crippen molar-refractivity contribution in [3.63, 3.8) is 0 Å². The van der Waals surface area contributed by atoms with Crippen LogP contribution in [0.5, 0.6) is 11.6 Å². The number of carbonyl (C=O) groups excluding carboxylic acids is 1. The molecule has 0 bridgehead atoms. The molecule has 3 aromatic carbocycles. The van der Waals surface area contributed by atoms with Crippen molar-refractivity contribution in [2.75, 3.05) is 0 Å². The van der Waals surface area contributed by atoms with E-state index in [4.69, 9.17) is 21.4 Å². The largest absolute Gasteiger partial charge is 0.435 e. The zero-order valence-corrected chi connectivity index (χ0v) is 20.1. The van der Waals surface area contributed by atoms with Gasteiger partial charge in [-0.3, -0.25) is 4.79 Å². The lowest BCUT2D eigenvalue weighted by Gasteiger charge is -2.24. The van der Waals surface area contributed by atoms with E-state index in [9.17, 15) is 9.18 Å². The molecule has 0 aliphatic heterocycles. The van der Waals surface area contributed by atoms with Crippen LogP contribution in [0.4, 0.5) is 4.39 Å². The van der Waals surface area contributed by atoms with Crippen LogP contribution in [-0.4, -0.2) is 26.6 Å². The number of aryl methyl sites for hydroxylation is 1. The summed E-state index contributed by atoms with van der Waals surface area (Å²) in [6.07, 6.45) is 2.48. The molecule has 1 aliphatic carbocycles. The lowest BCUT2D eigenvalue weighted by atomic mass is 10.1. The predicted octanol–water partition coefficient (Wildman–Crippen LogP) is 6.82. The number of ether oxygens (including phenoxy) is 1. The molecule has 0 saturated heterocycles. The molecule has 0 unspecified atom stereocenters. The van der Waals surface area contributed by atoms with E-state index in [0.717, 1.165) is 29.8 Å². The lowest BCUT2D eigenvalue weighted by molar-refractivity contribution is 0.0728. The van der Waals surface area contributed by atoms with Gasteiger partial charge in [0.05, 0.1) is 34.1 Å². The number of amides is 1. The summed E-state index contributed by atoms with van der Waals surface area (Å²) in [5, 5.41) is 5.23. The van der Waals surface area contributed by atoms with E-state index in [1.807, 2.05) is 48.2 Å². The van der Waals surface area contributed by atoms with Gasteiger partial charge in [-0.15, -0.1) is 0 Å². The van der Waals surface area contributed by atoms with Crippen molar-refractivity contribution in [2.24, 2.45) is 0 Å². The number of aromatic nitrogens is 2. The molecular formula is C28H25ClFN3O2. The highest BCUT2D eigenvalue weighted by Gasteiger charge is 2.36. The van der Waals surface area contributed by atoms with E-state index in [1.54, 1.807) is 41.1 Å². The van der Waals surface area contributed by atoms with Gasteiger partial charge in [0, 0.05) is 6.04 Å². The van der Waals surface area contributed by atoms with Gasteiger partial charge < -0.3 is 9.64 Å². The first-order valence-electron chi connectivity index (χ1n) is 11.7. The topological polar surface area (TPSA) is 47.4 Å². The number of carbonyl (C=O) groups is 1. The van der Waals surface area contributed by atoms with Gasteiger partial charge in [-0.25, -0.2) is 9.07 Å². The molecule has 0 radical (unpaired) electrons. The van der Waals surface area contributed by atoms with Crippen LogP contribution in [0.1, 0.15) is 41.4 Å². The second-order valence-corrected chi connectivity index (χ2v) is 8.92. The molecule has 1 saturated carbocycles. The highest BCUT2D eigenvalue weighted by Crippen LogP contribution is 2.37. The Morgan fingerprint density at radius 1 is 1.06 bits per heavy atom. The summed E-state index contributed by atoms with van der Waals surface area (Å²) in [5.41, 5.74) is 2.80. The minimum absolute atomic E-state index is 0.101. The van der Waals surface area contributed by atoms with Crippen LogP contribution in [-0.2, 0) is 13.0 Å². The molecule has 0 N–H and O–H groups in total. The van der Waals surface area contributed by atoms with Crippen LogP contribution >= 0.6 is 11.6 Å². The highest BCUT2D eigenvalue weighted by atomic mass is 35.5. The molecule has 1 amide bonds. The zero-order valence-electron chi connectivity index (χ0n) is 19.3. The standard InChI is InChI=1S/C28H25ClFN3O2/c1-2-25-22(18-32(19-16-17-19)27(34)21-12-6-7-13-23(21)29)28(35-26-15-9-8-14-24(26)30)33(31-25)20-10-4-3-5-11-20/h3-15,19H,2,16-18H2,1H3. The van der Waals surface area contributed by atoms with Crippen LogP contribution in [0, 0.1) is 5.82 Å². The van der Waals surface area contributed by atoms with E-state index in [1.165, 1.54) is 6.07 Å². The molecule has 4 aromatic rings. The highest BCUT2D eigenvalue weighted by molar-refractivity contribution is 6.33. The summed E-state index contributed by atoms with van der Waals surface area (Å²) in [7, 11) is 0. The molecule has 178 valence electrons. The van der Waals surface area contributed by atoms with E-state index >= 15 is 0 Å². The molecule has 0 spiro atoms. The maximum atomic E-state index is 14.6. The SMILES string of the molecule is CCc1nn(-c2ccccc2)c(Oc2ccccc2F)c1CN(C(=O)c1ccccc1Cl)C1CC1. The summed E-state index contributed by atoms with van der Waals surface area (Å²) >= 11 is 6.36. The van der Waals surface area contributed by atoms with Gasteiger partial charge in [0.2, 0.25) is 5.88 Å². The maximum absolute atomic E-state index is 14.6. The minimum atomic E-state index is -0.469. The summed E-state index contributed by atoms with van der Waals surface area (Å²) < 4.78 is 22.5. The Balaban J connectivity index is 1.60. The van der Waals surface area contributed by atoms with Crippen molar-refractivity contribution >= 4 is 17.5 Å². The Kier molecular flexibility index (Phi) is 6.55. The summed E-state index contributed by atoms with van der Waals surface area (Å²) in [4.78, 5) is 15.4. The average molecular weight is 490 g/mol. The third kappa shape index (κ3) is 4.80. The van der Waals surface area contributed by atoms with Crippen molar-refractivity contribution < 1.29 is 13.9 Å². The number of para-hydroxylation sites is 2. The fourth-order valence-electron chi connectivity index (χ4n) is 4.11. The van der Waals surface area contributed by atoms with Gasteiger partial charge in [-0.05, 0) is 55.7 Å². The molecule has 0 atom stereocenters. The van der Waals surface area contributed by atoms with Gasteiger partial charge in [0.25, 0.3) is 5.91 Å². The molecule has 1 aliphatic rings. The van der Waals surface area contributed by atoms with Crippen LogP contribution in [0.25, 0.3) is 5.69 Å². The molecular weight excluding hydrogens is 465 g/mol. The number of hydrogen-bond donors (Lipinski definition) is 0. The van der Waals surface area contributed by atoms with Crippen LogP contribution in [0.3, 0.4) is 0 Å².